The average Bonchev–Trinajstić information content (AvgIpc) is 3.23. The van der Waals surface area contributed by atoms with Crippen molar-refractivity contribution in [3.63, 3.8) is 0 Å². The molecule has 0 aliphatic heterocycles. The predicted molar refractivity (Wildman–Crippen MR) is 92.7 cm³/mol. The first-order valence-electron chi connectivity index (χ1n) is 8.12. The SMILES string of the molecule is CN=C(NCc1ccc(C(N)=O)o1)NCC1(c2ccccc2F)CC1. The number of hydrogen-bond donors (Lipinski definition) is 3. The van der Waals surface area contributed by atoms with E-state index in [9.17, 15) is 9.18 Å². The third-order valence-electron chi connectivity index (χ3n) is 4.45. The maximum Gasteiger partial charge on any atom is 0.284 e. The van der Waals surface area contributed by atoms with Crippen LogP contribution >= 0.6 is 0 Å². The Hall–Kier alpha value is -2.83. The van der Waals surface area contributed by atoms with Crippen molar-refractivity contribution in [2.75, 3.05) is 13.6 Å². The molecule has 0 bridgehead atoms. The third-order valence-corrected chi connectivity index (χ3v) is 4.45. The number of halogens is 1. The van der Waals surface area contributed by atoms with Crippen molar-refractivity contribution < 1.29 is 13.6 Å². The Morgan fingerprint density at radius 2 is 2.04 bits per heavy atom. The van der Waals surface area contributed by atoms with Crippen molar-refractivity contribution >= 4 is 11.9 Å². The van der Waals surface area contributed by atoms with E-state index in [4.69, 9.17) is 10.2 Å². The van der Waals surface area contributed by atoms with Crippen molar-refractivity contribution in [3.05, 3.63) is 59.3 Å². The second-order valence-corrected chi connectivity index (χ2v) is 6.17. The molecule has 1 aromatic carbocycles. The number of rotatable bonds is 6. The molecule has 3 rings (SSSR count). The highest BCUT2D eigenvalue weighted by Crippen LogP contribution is 2.48. The van der Waals surface area contributed by atoms with Crippen LogP contribution in [0, 0.1) is 5.82 Å². The second kappa shape index (κ2) is 6.96. The molecule has 1 saturated carbocycles. The standard InChI is InChI=1S/C18H21FN4O2/c1-21-17(22-10-12-6-7-15(25-12)16(20)24)23-11-18(8-9-18)13-4-2-3-5-14(13)19/h2-7H,8-11H2,1H3,(H2,20,24)(H2,21,22,23). The summed E-state index contributed by atoms with van der Waals surface area (Å²) in [6.07, 6.45) is 1.89. The Morgan fingerprint density at radius 3 is 2.64 bits per heavy atom. The number of benzene rings is 1. The fourth-order valence-corrected chi connectivity index (χ4v) is 2.83. The summed E-state index contributed by atoms with van der Waals surface area (Å²) < 4.78 is 19.4. The number of furan rings is 1. The van der Waals surface area contributed by atoms with Gasteiger partial charge in [-0.15, -0.1) is 0 Å². The highest BCUT2D eigenvalue weighted by atomic mass is 19.1. The summed E-state index contributed by atoms with van der Waals surface area (Å²) in [6, 6.07) is 10.1. The van der Waals surface area contributed by atoms with Gasteiger partial charge in [0.25, 0.3) is 5.91 Å². The molecule has 4 N–H and O–H groups in total. The first kappa shape index (κ1) is 17.0. The lowest BCUT2D eigenvalue weighted by Crippen LogP contribution is -2.41. The summed E-state index contributed by atoms with van der Waals surface area (Å²) in [6.45, 7) is 0.956. The molecule has 7 heteroatoms. The molecule has 1 aromatic heterocycles. The number of nitrogens with zero attached hydrogens (tertiary/aromatic N) is 1. The lowest BCUT2D eigenvalue weighted by molar-refractivity contribution is 0.0972. The number of nitrogens with one attached hydrogen (secondary N) is 2. The summed E-state index contributed by atoms with van der Waals surface area (Å²) in [5, 5.41) is 6.34. The van der Waals surface area contributed by atoms with E-state index < -0.39 is 5.91 Å². The van der Waals surface area contributed by atoms with Crippen LogP contribution in [0.5, 0.6) is 0 Å². The smallest absolute Gasteiger partial charge is 0.284 e. The van der Waals surface area contributed by atoms with E-state index in [0.717, 1.165) is 18.4 Å². The number of carbonyl (C=O) groups is 1. The molecule has 132 valence electrons. The second-order valence-electron chi connectivity index (χ2n) is 6.17. The number of amides is 1. The lowest BCUT2D eigenvalue weighted by Gasteiger charge is -2.19. The van der Waals surface area contributed by atoms with Crippen LogP contribution in [0.2, 0.25) is 0 Å². The Kier molecular flexibility index (Phi) is 4.74. The van der Waals surface area contributed by atoms with E-state index in [1.54, 1.807) is 19.2 Å². The van der Waals surface area contributed by atoms with Gasteiger partial charge in [-0.2, -0.15) is 0 Å². The number of nitrogens with two attached hydrogens (primary N) is 1. The molecule has 6 nitrogen and oxygen atoms in total. The number of guanidine groups is 1. The first-order chi connectivity index (χ1) is 12.0. The number of primary amides is 1. The minimum atomic E-state index is -0.602. The molecule has 1 fully saturated rings. The van der Waals surface area contributed by atoms with Crippen LogP contribution in [0.15, 0.2) is 45.8 Å². The van der Waals surface area contributed by atoms with Crippen LogP contribution < -0.4 is 16.4 Å². The molecule has 1 amide bonds. The van der Waals surface area contributed by atoms with Crippen LogP contribution in [-0.2, 0) is 12.0 Å². The van der Waals surface area contributed by atoms with Gasteiger partial charge in [-0.3, -0.25) is 9.79 Å². The van der Waals surface area contributed by atoms with Gasteiger partial charge in [0.15, 0.2) is 11.7 Å². The van der Waals surface area contributed by atoms with Gasteiger partial charge in [0.2, 0.25) is 0 Å². The highest BCUT2D eigenvalue weighted by Gasteiger charge is 2.45. The quantitative estimate of drug-likeness (QED) is 0.551. The zero-order chi connectivity index (χ0) is 17.9. The molecule has 0 radical (unpaired) electrons. The lowest BCUT2D eigenvalue weighted by atomic mass is 9.95. The third kappa shape index (κ3) is 3.81. The zero-order valence-electron chi connectivity index (χ0n) is 14.0. The molecule has 0 unspecified atom stereocenters. The van der Waals surface area contributed by atoms with Crippen LogP contribution in [0.3, 0.4) is 0 Å². The predicted octanol–water partition coefficient (Wildman–Crippen LogP) is 1.91. The molecule has 1 aliphatic rings. The van der Waals surface area contributed by atoms with Gasteiger partial charge in [-0.25, -0.2) is 4.39 Å². The Balaban J connectivity index is 1.56. The molecule has 25 heavy (non-hydrogen) atoms. The highest BCUT2D eigenvalue weighted by molar-refractivity contribution is 5.89. The minimum absolute atomic E-state index is 0.122. The fraction of sp³-hybridized carbons (Fsp3) is 0.333. The number of carbonyl (C=O) groups excluding carboxylic acids is 1. The van der Waals surface area contributed by atoms with Gasteiger partial charge in [0.1, 0.15) is 11.6 Å². The van der Waals surface area contributed by atoms with E-state index in [2.05, 4.69) is 15.6 Å². The van der Waals surface area contributed by atoms with Crippen molar-refractivity contribution in [1.29, 1.82) is 0 Å². The van der Waals surface area contributed by atoms with Gasteiger partial charge in [-0.05, 0) is 36.6 Å². The molecule has 1 aliphatic carbocycles. The summed E-state index contributed by atoms with van der Waals surface area (Å²) in [5.41, 5.74) is 5.73. The zero-order valence-corrected chi connectivity index (χ0v) is 14.0. The van der Waals surface area contributed by atoms with Gasteiger partial charge >= 0.3 is 0 Å². The van der Waals surface area contributed by atoms with Crippen molar-refractivity contribution in [1.82, 2.24) is 10.6 Å². The molecule has 0 spiro atoms. The normalized spacial score (nSPS) is 15.7. The largest absolute Gasteiger partial charge is 0.454 e. The molecule has 1 heterocycles. The van der Waals surface area contributed by atoms with Crippen molar-refractivity contribution in [2.24, 2.45) is 10.7 Å². The molecular weight excluding hydrogens is 323 g/mol. The van der Waals surface area contributed by atoms with Gasteiger partial charge in [-0.1, -0.05) is 18.2 Å². The summed E-state index contributed by atoms with van der Waals surface area (Å²) in [5.74, 6) is 0.511. The van der Waals surface area contributed by atoms with Gasteiger partial charge in [0, 0.05) is 19.0 Å². The molecule has 2 aromatic rings. The Bertz CT molecular complexity index is 796. The van der Waals surface area contributed by atoms with E-state index >= 15 is 0 Å². The number of aliphatic imine (C=N–C) groups is 1. The van der Waals surface area contributed by atoms with Crippen LogP contribution in [-0.4, -0.2) is 25.5 Å². The summed E-state index contributed by atoms with van der Waals surface area (Å²) in [7, 11) is 1.66. The summed E-state index contributed by atoms with van der Waals surface area (Å²) in [4.78, 5) is 15.2. The van der Waals surface area contributed by atoms with Crippen LogP contribution in [0.4, 0.5) is 4.39 Å². The molecular formula is C18H21FN4O2. The Morgan fingerprint density at radius 1 is 1.28 bits per heavy atom. The van der Waals surface area contributed by atoms with Crippen LogP contribution in [0.1, 0.15) is 34.7 Å². The van der Waals surface area contributed by atoms with Crippen molar-refractivity contribution in [3.8, 4) is 0 Å². The van der Waals surface area contributed by atoms with Crippen LogP contribution in [0.25, 0.3) is 0 Å². The first-order valence-corrected chi connectivity index (χ1v) is 8.12. The topological polar surface area (TPSA) is 92.6 Å². The minimum Gasteiger partial charge on any atom is -0.454 e. The van der Waals surface area contributed by atoms with E-state index in [1.165, 1.54) is 12.1 Å². The number of hydrogen-bond acceptors (Lipinski definition) is 3. The van der Waals surface area contributed by atoms with Gasteiger partial charge in [0.05, 0.1) is 6.54 Å². The van der Waals surface area contributed by atoms with E-state index in [0.29, 0.717) is 24.8 Å². The van der Waals surface area contributed by atoms with E-state index in [-0.39, 0.29) is 17.0 Å². The Labute approximate surface area is 145 Å². The maximum atomic E-state index is 14.0. The fourth-order valence-electron chi connectivity index (χ4n) is 2.83. The molecule has 0 atom stereocenters. The maximum absolute atomic E-state index is 14.0. The monoisotopic (exact) mass is 344 g/mol. The summed E-state index contributed by atoms with van der Waals surface area (Å²) >= 11 is 0. The average molecular weight is 344 g/mol. The van der Waals surface area contributed by atoms with Gasteiger partial charge < -0.3 is 20.8 Å². The molecule has 0 saturated heterocycles. The van der Waals surface area contributed by atoms with E-state index in [1.807, 2.05) is 12.1 Å². The van der Waals surface area contributed by atoms with Crippen molar-refractivity contribution in [2.45, 2.75) is 24.8 Å².